The minimum atomic E-state index is -5.75. The molecule has 14 atom stereocenters. The number of hydrogen-bond donors (Lipinski definition) is 9. The van der Waals surface area contributed by atoms with Crippen LogP contribution in [0, 0.1) is 0 Å². The monoisotopic (exact) mass is 2040 g/mol. The van der Waals surface area contributed by atoms with Gasteiger partial charge in [0, 0.05) is 19.3 Å². The highest BCUT2D eigenvalue weighted by Gasteiger charge is 2.55. The normalized spacial score (nSPS) is 19.3. The Kier molecular flexibility index (Phi) is 84.4. The third-order valence-electron chi connectivity index (χ3n) is 27.6. The Labute approximate surface area is 849 Å². The van der Waals surface area contributed by atoms with Gasteiger partial charge in [-0.25, -0.2) is 9.13 Å². The van der Waals surface area contributed by atoms with Crippen molar-refractivity contribution in [3.05, 3.63) is 0 Å². The fourth-order valence-electron chi connectivity index (χ4n) is 19.2. The zero-order chi connectivity index (χ0) is 103. The Bertz CT molecular complexity index is 3100. The van der Waals surface area contributed by atoms with E-state index in [1.54, 1.807) is 0 Å². The number of phosphoric acid groups is 2. The van der Waals surface area contributed by atoms with Crippen LogP contribution in [-0.4, -0.2) is 175 Å². The summed E-state index contributed by atoms with van der Waals surface area (Å²) in [5.41, 5.74) is 0. The van der Waals surface area contributed by atoms with Gasteiger partial charge in [-0.05, 0) is 64.2 Å². The lowest BCUT2D eigenvalue weighted by Gasteiger charge is -2.47. The van der Waals surface area contributed by atoms with Crippen molar-refractivity contribution in [1.82, 2.24) is 10.6 Å². The second kappa shape index (κ2) is 89.3. The number of carbonyl (C=O) groups excluding carboxylic acids is 7. The summed E-state index contributed by atoms with van der Waals surface area (Å²) in [7, 11) is -11.5. The van der Waals surface area contributed by atoms with Crippen LogP contribution in [0.15, 0.2) is 0 Å². The smallest absolute Gasteiger partial charge is 0.462 e. The zero-order valence-corrected chi connectivity index (χ0v) is 91.1. The SMILES string of the molecule is CCCCCCCCCCCCCCCC(=O)O[C@H](CCCCCCCCCCC)CC(=O)NC1[C@@H](OP(=O)(O)O)OC(CO[C@@H]2OC(CO)[C@@H](OP(=O)(O)O)[C@H](OC(=O)C[C@@H](CCCCCCCCCCC)OC(=O)CCCCCCCCCCCCC)C2NC(=O)C[C@@H](CCCCCCCCCCC)OC(=O)CCCCCCCCCCC)[C@@H](O)[C@@H]1OC(=O)C[C@H](O)CCCCCCCCCCC. The minimum absolute atomic E-state index is 0.0727. The first kappa shape index (κ1) is 132. The van der Waals surface area contributed by atoms with Gasteiger partial charge in [0.2, 0.25) is 11.8 Å². The molecule has 9 N–H and O–H groups in total. The van der Waals surface area contributed by atoms with E-state index in [1.165, 1.54) is 103 Å². The van der Waals surface area contributed by atoms with Gasteiger partial charge in [0.15, 0.2) is 24.8 Å². The van der Waals surface area contributed by atoms with Crippen LogP contribution < -0.4 is 10.6 Å². The van der Waals surface area contributed by atoms with Gasteiger partial charge < -0.3 is 83.4 Å². The van der Waals surface area contributed by atoms with E-state index in [2.05, 4.69) is 59.1 Å². The molecule has 0 radical (unpaired) electrons. The van der Waals surface area contributed by atoms with E-state index in [0.717, 1.165) is 295 Å². The number of unbranched alkanes of at least 4 members (excludes halogenated alkanes) is 62. The Morgan fingerprint density at radius 1 is 0.293 bits per heavy atom. The van der Waals surface area contributed by atoms with Crippen molar-refractivity contribution in [2.45, 2.75) is 648 Å². The number of carbonyl (C=O) groups is 7. The summed E-state index contributed by atoms with van der Waals surface area (Å²) in [6.07, 6.45) is 48.1. The topological polar surface area (TPSA) is 412 Å². The molecule has 0 spiro atoms. The molecule has 2 fully saturated rings. The Balaban J connectivity index is 2.93. The summed E-state index contributed by atoms with van der Waals surface area (Å²) in [6, 6.07) is -3.92. The van der Waals surface area contributed by atoms with Gasteiger partial charge in [-0.2, -0.15) is 0 Å². The standard InChI is InChI=1S/C110H208N2O26P2/c1-8-15-22-29-36-43-45-46-48-55-62-68-75-82-98(117)130-91(78-71-64-57-50-39-32-25-18-11-4)85-96(115)111-103-107(135-101(120)84-90(114)77-70-63-56-49-38-31-24-17-10-3)105(122)95(134-110(103)138-140(126,127)128)89-129-109-104(112-97(116)86-92(79-72-65-58-51-40-33-26-19-12-5)131-99(118)81-74-67-60-53-42-35-28-21-14-7)108(106(94(88-113)133-109)137-139(123,124)125)136-102(121)87-93(80-73-66-59-52-41-34-27-20-13-6)132-100(119)83-76-69-61-54-47-44-37-30-23-16-9-2/h90-95,103-110,113-114,122H,8-89H2,1-7H3,(H,111,115)(H,112,116)(H2,123,124,125)(H2,126,127,128)/t90-,91-,92-,93-,94?,95?,103?,104?,105-,106-,107-,108-,109-,110-/m1/s1. The van der Waals surface area contributed by atoms with E-state index in [9.17, 15) is 68.0 Å². The zero-order valence-electron chi connectivity index (χ0n) is 89.3. The fraction of sp³-hybridized carbons (Fsp3) is 0.936. The molecule has 0 aromatic carbocycles. The maximum Gasteiger partial charge on any atom is 0.472 e. The lowest BCUT2D eigenvalue weighted by atomic mass is 9.95. The molecule has 2 rings (SSSR count). The van der Waals surface area contributed by atoms with Crippen LogP contribution in [0.2, 0.25) is 0 Å². The third-order valence-corrected chi connectivity index (χ3v) is 28.6. The molecule has 2 aliphatic rings. The summed E-state index contributed by atoms with van der Waals surface area (Å²) in [4.78, 5) is 145. The molecule has 2 heterocycles. The number of phosphoric ester groups is 2. The van der Waals surface area contributed by atoms with Crippen LogP contribution in [0.5, 0.6) is 0 Å². The van der Waals surface area contributed by atoms with E-state index in [4.69, 9.17) is 46.9 Å². The van der Waals surface area contributed by atoms with E-state index in [1.807, 2.05) is 0 Å². The largest absolute Gasteiger partial charge is 0.472 e. The number of amides is 2. The molecule has 4 unspecified atom stereocenters. The highest BCUT2D eigenvalue weighted by Crippen LogP contribution is 2.44. The molecule has 30 heteroatoms. The molecular weight excluding hydrogens is 1830 g/mol. The highest BCUT2D eigenvalue weighted by molar-refractivity contribution is 7.46. The number of hydrogen-bond acceptors (Lipinski definition) is 22. The van der Waals surface area contributed by atoms with E-state index in [-0.39, 0.29) is 44.9 Å². The summed E-state index contributed by atoms with van der Waals surface area (Å²) >= 11 is 0. The predicted molar refractivity (Wildman–Crippen MR) is 555 cm³/mol. The maximum atomic E-state index is 15.3. The minimum Gasteiger partial charge on any atom is -0.462 e. The quantitative estimate of drug-likeness (QED) is 0.0118. The molecule has 28 nitrogen and oxygen atoms in total. The predicted octanol–water partition coefficient (Wildman–Crippen LogP) is 26.6. The van der Waals surface area contributed by atoms with E-state index < -0.39 is 182 Å². The molecular formula is C110H208N2O26P2. The second-order valence-electron chi connectivity index (χ2n) is 41.0. The molecule has 2 aliphatic heterocycles. The molecule has 140 heavy (non-hydrogen) atoms. The van der Waals surface area contributed by atoms with Crippen LogP contribution in [0.3, 0.4) is 0 Å². The number of esters is 5. The van der Waals surface area contributed by atoms with Crippen LogP contribution in [0.25, 0.3) is 0 Å². The second-order valence-corrected chi connectivity index (χ2v) is 43.4. The highest BCUT2D eigenvalue weighted by atomic mass is 31.2. The van der Waals surface area contributed by atoms with Crippen LogP contribution in [0.4, 0.5) is 0 Å². The average Bonchev–Trinajstić information content (AvgIpc) is 0.778. The van der Waals surface area contributed by atoms with Crippen LogP contribution in [-0.2, 0) is 89.6 Å². The van der Waals surface area contributed by atoms with Crippen LogP contribution in [0.1, 0.15) is 562 Å². The van der Waals surface area contributed by atoms with Crippen molar-refractivity contribution in [3.8, 4) is 0 Å². The molecule has 824 valence electrons. The maximum absolute atomic E-state index is 15.3. The van der Waals surface area contributed by atoms with Crippen molar-refractivity contribution in [2.75, 3.05) is 13.2 Å². The lowest BCUT2D eigenvalue weighted by Crippen LogP contribution is -2.68. The van der Waals surface area contributed by atoms with Crippen molar-refractivity contribution in [3.63, 3.8) is 0 Å². The first-order valence-electron chi connectivity index (χ1n) is 57.7. The molecule has 0 aromatic heterocycles. The molecule has 0 aromatic rings. The third kappa shape index (κ3) is 73.4. The van der Waals surface area contributed by atoms with Gasteiger partial charge in [-0.15, -0.1) is 0 Å². The van der Waals surface area contributed by atoms with Crippen molar-refractivity contribution in [2.24, 2.45) is 0 Å². The summed E-state index contributed by atoms with van der Waals surface area (Å²) in [5, 5.41) is 41.2. The summed E-state index contributed by atoms with van der Waals surface area (Å²) < 4.78 is 87.6. The molecule has 2 amide bonds. The van der Waals surface area contributed by atoms with Gasteiger partial charge in [-0.3, -0.25) is 42.6 Å². The van der Waals surface area contributed by atoms with Crippen molar-refractivity contribution < 1.29 is 125 Å². The fourth-order valence-corrected chi connectivity index (χ4v) is 20.2. The number of nitrogens with one attached hydrogen (secondary N) is 2. The van der Waals surface area contributed by atoms with Crippen LogP contribution >= 0.6 is 15.6 Å². The van der Waals surface area contributed by atoms with Gasteiger partial charge in [0.05, 0.1) is 45.0 Å². The van der Waals surface area contributed by atoms with Crippen molar-refractivity contribution >= 4 is 57.3 Å². The van der Waals surface area contributed by atoms with Gasteiger partial charge in [-0.1, -0.05) is 453 Å². The Morgan fingerprint density at radius 2 is 0.543 bits per heavy atom. The lowest BCUT2D eigenvalue weighted by molar-refractivity contribution is -0.297. The Hall–Kier alpha value is -3.73. The average molecular weight is 2040 g/mol. The van der Waals surface area contributed by atoms with Gasteiger partial charge in [0.1, 0.15) is 54.8 Å². The first-order chi connectivity index (χ1) is 67.7. The van der Waals surface area contributed by atoms with Crippen molar-refractivity contribution in [1.29, 1.82) is 0 Å². The number of ether oxygens (including phenoxy) is 8. The Morgan fingerprint density at radius 3 is 0.836 bits per heavy atom. The van der Waals surface area contributed by atoms with Gasteiger partial charge in [0.25, 0.3) is 0 Å². The molecule has 0 aliphatic carbocycles. The summed E-state index contributed by atoms with van der Waals surface area (Å²) in [5.74, 6) is -5.54. The molecule has 0 saturated carbocycles. The van der Waals surface area contributed by atoms with Gasteiger partial charge >= 0.3 is 45.5 Å². The van der Waals surface area contributed by atoms with E-state index in [0.29, 0.717) is 44.9 Å². The number of aliphatic hydroxyl groups excluding tert-OH is 3. The first-order valence-corrected chi connectivity index (χ1v) is 60.7. The number of aliphatic hydroxyl groups is 3. The van der Waals surface area contributed by atoms with E-state index >= 15 is 9.59 Å². The molecule has 0 bridgehead atoms. The number of rotatable bonds is 99. The summed E-state index contributed by atoms with van der Waals surface area (Å²) in [6.45, 7) is 13.1. The molecule has 2 saturated heterocycles.